The number of nitrogens with one attached hydrogen (secondary N) is 2. The first kappa shape index (κ1) is 21.8. The number of aromatic amines is 1. The monoisotopic (exact) mass is 483 g/mol. The molecular weight excluding hydrogens is 464 g/mol. The SMILES string of the molecule is Cc1ccc(-c2cnc3c(-n4nncc4C(C)(F)F)cc(C(=O)N[C@@H](C)c4nnc[nH]4)cn23)s1. The Morgan fingerprint density at radius 2 is 2.09 bits per heavy atom. The smallest absolute Gasteiger partial charge is 0.288 e. The van der Waals surface area contributed by atoms with Gasteiger partial charge in [-0.3, -0.25) is 9.20 Å². The average molecular weight is 484 g/mol. The number of aryl methyl sites for hydroxylation is 1. The van der Waals surface area contributed by atoms with Crippen molar-refractivity contribution in [3.8, 4) is 16.3 Å². The molecule has 34 heavy (non-hydrogen) atoms. The molecule has 1 atom stereocenters. The van der Waals surface area contributed by atoms with E-state index in [0.29, 0.717) is 11.5 Å². The Morgan fingerprint density at radius 1 is 1.26 bits per heavy atom. The summed E-state index contributed by atoms with van der Waals surface area (Å²) < 4.78 is 31.3. The van der Waals surface area contributed by atoms with Crippen molar-refractivity contribution in [2.45, 2.75) is 32.7 Å². The second-order valence-corrected chi connectivity index (χ2v) is 9.14. The Morgan fingerprint density at radius 3 is 2.76 bits per heavy atom. The molecule has 5 rings (SSSR count). The number of halogens is 2. The lowest BCUT2D eigenvalue weighted by Crippen LogP contribution is -2.28. The molecule has 0 unspecified atom stereocenters. The van der Waals surface area contributed by atoms with Gasteiger partial charge in [-0.25, -0.2) is 9.67 Å². The number of carbonyl (C=O) groups is 1. The first-order chi connectivity index (χ1) is 16.2. The molecule has 0 radical (unpaired) electrons. The number of hydrogen-bond acceptors (Lipinski definition) is 7. The molecule has 0 fully saturated rings. The van der Waals surface area contributed by atoms with Crippen molar-refractivity contribution < 1.29 is 13.6 Å². The molecule has 5 heterocycles. The van der Waals surface area contributed by atoms with Gasteiger partial charge in [-0.15, -0.1) is 26.6 Å². The van der Waals surface area contributed by atoms with Gasteiger partial charge in [-0.1, -0.05) is 5.21 Å². The molecule has 2 N–H and O–H groups in total. The molecule has 1 amide bonds. The first-order valence-electron chi connectivity index (χ1n) is 10.3. The standard InChI is InChI=1S/C21H19F2N9OS/c1-11-4-5-16(34-11)15-7-24-19-14(32-17(8-26-30-32)21(3,22)23)6-13(9-31(15)19)20(33)28-12(2)18-25-10-27-29-18/h4-10,12H,1-3H3,(H,28,33)(H,25,27,29)/t12-/m0/s1. The third-order valence-corrected chi connectivity index (χ3v) is 6.29. The molecule has 174 valence electrons. The zero-order chi connectivity index (χ0) is 24.0. The van der Waals surface area contributed by atoms with E-state index in [1.807, 2.05) is 19.1 Å². The summed E-state index contributed by atoms with van der Waals surface area (Å²) in [6, 6.07) is 4.93. The molecule has 0 aliphatic heterocycles. The molecule has 5 aromatic rings. The number of imidazole rings is 1. The van der Waals surface area contributed by atoms with E-state index in [2.05, 4.69) is 35.8 Å². The Kier molecular flexibility index (Phi) is 5.20. The predicted molar refractivity (Wildman–Crippen MR) is 120 cm³/mol. The van der Waals surface area contributed by atoms with Crippen LogP contribution in [-0.2, 0) is 5.92 Å². The lowest BCUT2D eigenvalue weighted by atomic mass is 10.2. The van der Waals surface area contributed by atoms with Crippen molar-refractivity contribution in [1.29, 1.82) is 0 Å². The van der Waals surface area contributed by atoms with Crippen molar-refractivity contribution >= 4 is 22.9 Å². The van der Waals surface area contributed by atoms with Crippen LogP contribution in [0.3, 0.4) is 0 Å². The number of aromatic nitrogens is 8. The quantitative estimate of drug-likeness (QED) is 0.380. The Hall–Kier alpha value is -4.00. The molecule has 0 spiro atoms. The van der Waals surface area contributed by atoms with Crippen LogP contribution in [0.5, 0.6) is 0 Å². The number of carbonyl (C=O) groups excluding carboxylic acids is 1. The number of nitrogens with zero attached hydrogens (tertiary/aromatic N) is 7. The highest BCUT2D eigenvalue weighted by molar-refractivity contribution is 7.15. The summed E-state index contributed by atoms with van der Waals surface area (Å²) in [5.74, 6) is -3.16. The zero-order valence-electron chi connectivity index (χ0n) is 18.3. The van der Waals surface area contributed by atoms with Crippen LogP contribution in [0.2, 0.25) is 0 Å². The molecular formula is C21H19F2N9OS. The van der Waals surface area contributed by atoms with Gasteiger partial charge in [0.05, 0.1) is 34.6 Å². The largest absolute Gasteiger partial charge is 0.342 e. The van der Waals surface area contributed by atoms with Crippen LogP contribution in [0.25, 0.3) is 21.9 Å². The Balaban J connectivity index is 1.67. The maximum absolute atomic E-state index is 14.3. The Labute approximate surface area is 195 Å². The van der Waals surface area contributed by atoms with Crippen LogP contribution >= 0.6 is 11.3 Å². The minimum absolute atomic E-state index is 0.202. The van der Waals surface area contributed by atoms with Crippen LogP contribution in [0.1, 0.15) is 46.6 Å². The Bertz CT molecular complexity index is 1480. The highest BCUT2D eigenvalue weighted by Gasteiger charge is 2.31. The number of H-pyrrole nitrogens is 1. The van der Waals surface area contributed by atoms with Gasteiger partial charge in [0.15, 0.2) is 11.5 Å². The lowest BCUT2D eigenvalue weighted by Gasteiger charge is -2.15. The minimum atomic E-state index is -3.21. The zero-order valence-corrected chi connectivity index (χ0v) is 19.1. The summed E-state index contributed by atoms with van der Waals surface area (Å²) in [7, 11) is 0. The number of fused-ring (bicyclic) bond motifs is 1. The van der Waals surface area contributed by atoms with Crippen LogP contribution in [0.15, 0.2) is 43.1 Å². The van der Waals surface area contributed by atoms with Crippen LogP contribution in [0, 0.1) is 6.92 Å². The molecule has 13 heteroatoms. The highest BCUT2D eigenvalue weighted by atomic mass is 32.1. The van der Waals surface area contributed by atoms with E-state index in [-0.39, 0.29) is 11.3 Å². The van der Waals surface area contributed by atoms with Crippen LogP contribution in [0.4, 0.5) is 8.78 Å². The maximum Gasteiger partial charge on any atom is 0.288 e. The van der Waals surface area contributed by atoms with Gasteiger partial charge in [0.25, 0.3) is 11.8 Å². The number of pyridine rings is 1. The first-order valence-corrected chi connectivity index (χ1v) is 11.1. The fourth-order valence-corrected chi connectivity index (χ4v) is 4.47. The molecule has 0 saturated carbocycles. The van der Waals surface area contributed by atoms with Crippen molar-refractivity contribution in [3.63, 3.8) is 0 Å². The predicted octanol–water partition coefficient (Wildman–Crippen LogP) is 3.67. The van der Waals surface area contributed by atoms with Crippen molar-refractivity contribution in [3.05, 3.63) is 65.1 Å². The third-order valence-electron chi connectivity index (χ3n) is 5.26. The van der Waals surface area contributed by atoms with E-state index >= 15 is 0 Å². The number of amides is 1. The fourth-order valence-electron chi connectivity index (χ4n) is 3.59. The third kappa shape index (κ3) is 3.83. The van der Waals surface area contributed by atoms with Gasteiger partial charge >= 0.3 is 0 Å². The lowest BCUT2D eigenvalue weighted by molar-refractivity contribution is 0.0103. The van der Waals surface area contributed by atoms with Crippen LogP contribution < -0.4 is 5.32 Å². The summed E-state index contributed by atoms with van der Waals surface area (Å²) in [4.78, 5) is 22.5. The van der Waals surface area contributed by atoms with Crippen molar-refractivity contribution in [2.24, 2.45) is 0 Å². The summed E-state index contributed by atoms with van der Waals surface area (Å²) in [6.07, 6.45) is 5.69. The van der Waals surface area contributed by atoms with Crippen molar-refractivity contribution in [1.82, 2.24) is 44.9 Å². The highest BCUT2D eigenvalue weighted by Crippen LogP contribution is 2.33. The van der Waals surface area contributed by atoms with E-state index in [9.17, 15) is 13.6 Å². The summed E-state index contributed by atoms with van der Waals surface area (Å²) >= 11 is 1.56. The summed E-state index contributed by atoms with van der Waals surface area (Å²) in [6.45, 7) is 4.50. The number of alkyl halides is 2. The van der Waals surface area contributed by atoms with Gasteiger partial charge in [0, 0.05) is 18.0 Å². The molecule has 0 aliphatic carbocycles. The number of rotatable bonds is 6. The molecule has 0 saturated heterocycles. The van der Waals surface area contributed by atoms with E-state index in [1.165, 1.54) is 12.4 Å². The summed E-state index contributed by atoms with van der Waals surface area (Å²) in [5.41, 5.74) is 1.09. The van der Waals surface area contributed by atoms with Crippen molar-refractivity contribution in [2.75, 3.05) is 0 Å². The minimum Gasteiger partial charge on any atom is -0.342 e. The summed E-state index contributed by atoms with van der Waals surface area (Å²) in [5, 5.41) is 18.0. The normalized spacial score (nSPS) is 12.9. The molecule has 0 bridgehead atoms. The fraction of sp³-hybridized carbons (Fsp3) is 0.238. The average Bonchev–Trinajstić information content (AvgIpc) is 3.58. The molecule has 0 aromatic carbocycles. The van der Waals surface area contributed by atoms with E-state index < -0.39 is 23.6 Å². The number of hydrogen-bond donors (Lipinski definition) is 2. The number of thiophene rings is 1. The van der Waals surface area contributed by atoms with E-state index in [4.69, 9.17) is 0 Å². The molecule has 5 aromatic heterocycles. The van der Waals surface area contributed by atoms with Gasteiger partial charge in [0.2, 0.25) is 0 Å². The molecule has 10 nitrogen and oxygen atoms in total. The second-order valence-electron chi connectivity index (χ2n) is 7.85. The van der Waals surface area contributed by atoms with Gasteiger partial charge < -0.3 is 10.3 Å². The van der Waals surface area contributed by atoms with Gasteiger partial charge in [-0.2, -0.15) is 8.78 Å². The van der Waals surface area contributed by atoms with E-state index in [1.54, 1.807) is 35.1 Å². The van der Waals surface area contributed by atoms with E-state index in [0.717, 1.165) is 33.3 Å². The maximum atomic E-state index is 14.3. The van der Waals surface area contributed by atoms with Gasteiger partial charge in [0.1, 0.15) is 17.7 Å². The second kappa shape index (κ2) is 8.09. The van der Waals surface area contributed by atoms with Crippen LogP contribution in [-0.4, -0.2) is 45.5 Å². The van der Waals surface area contributed by atoms with Gasteiger partial charge in [-0.05, 0) is 32.0 Å². The topological polar surface area (TPSA) is 119 Å². The molecule has 0 aliphatic rings.